The fourth-order valence-corrected chi connectivity index (χ4v) is 5.04. The van der Waals surface area contributed by atoms with Crippen molar-refractivity contribution in [3.8, 4) is 17.3 Å². The van der Waals surface area contributed by atoms with E-state index in [0.717, 1.165) is 25.1 Å². The Kier molecular flexibility index (Phi) is 7.76. The van der Waals surface area contributed by atoms with Crippen molar-refractivity contribution in [2.24, 2.45) is 0 Å². The van der Waals surface area contributed by atoms with Crippen LogP contribution in [-0.4, -0.2) is 59.7 Å². The first kappa shape index (κ1) is 26.9. The van der Waals surface area contributed by atoms with Gasteiger partial charge in [0.15, 0.2) is 8.32 Å². The summed E-state index contributed by atoms with van der Waals surface area (Å²) in [5.41, 5.74) is 3.33. The predicted molar refractivity (Wildman–Crippen MR) is 145 cm³/mol. The fraction of sp³-hybridized carbons (Fsp3) is 0.500. The molecule has 0 saturated heterocycles. The number of methoxy groups -OCH3 is 1. The Hall–Kier alpha value is -3.15. The molecule has 4 rings (SSSR count). The highest BCUT2D eigenvalue weighted by Crippen LogP contribution is 2.37. The lowest BCUT2D eigenvalue weighted by Crippen LogP contribution is -2.42. The number of rotatable bonds is 8. The maximum Gasteiger partial charge on any atom is 0.260 e. The van der Waals surface area contributed by atoms with Crippen LogP contribution < -0.4 is 15.4 Å². The number of ether oxygens (including phenoxy) is 1. The number of hydrogen-bond donors (Lipinski definition) is 2. The van der Waals surface area contributed by atoms with Crippen LogP contribution in [0.4, 0.5) is 5.82 Å². The second-order valence-corrected chi connectivity index (χ2v) is 15.8. The molecule has 0 fully saturated rings. The first-order chi connectivity index (χ1) is 17.5. The number of tetrazole rings is 1. The van der Waals surface area contributed by atoms with Crippen molar-refractivity contribution >= 4 is 20.0 Å². The molecule has 198 valence electrons. The lowest BCUT2D eigenvalue weighted by molar-refractivity contribution is 0.102. The minimum Gasteiger partial charge on any atom is -0.496 e. The van der Waals surface area contributed by atoms with Crippen LogP contribution in [0.15, 0.2) is 30.3 Å². The molecule has 1 aliphatic rings. The summed E-state index contributed by atoms with van der Waals surface area (Å²) in [5, 5.41) is 18.7. The van der Waals surface area contributed by atoms with E-state index >= 15 is 0 Å². The van der Waals surface area contributed by atoms with Gasteiger partial charge in [0.05, 0.1) is 25.3 Å². The van der Waals surface area contributed by atoms with Crippen LogP contribution in [0, 0.1) is 0 Å². The van der Waals surface area contributed by atoms with E-state index in [9.17, 15) is 4.79 Å². The highest BCUT2D eigenvalue weighted by atomic mass is 28.4. The monoisotopic (exact) mass is 523 g/mol. The second-order valence-electron chi connectivity index (χ2n) is 11.0. The summed E-state index contributed by atoms with van der Waals surface area (Å²) in [5.74, 6) is 1.18. The highest BCUT2D eigenvalue weighted by molar-refractivity contribution is 6.74. The summed E-state index contributed by atoms with van der Waals surface area (Å²) in [6, 6.07) is 9.14. The summed E-state index contributed by atoms with van der Waals surface area (Å²) in [4.78, 5) is 17.8. The van der Waals surface area contributed by atoms with Crippen molar-refractivity contribution in [2.75, 3.05) is 25.6 Å². The molecule has 37 heavy (non-hydrogen) atoms. The molecule has 3 heterocycles. The zero-order valence-electron chi connectivity index (χ0n) is 22.8. The van der Waals surface area contributed by atoms with E-state index in [-0.39, 0.29) is 17.0 Å². The van der Waals surface area contributed by atoms with Gasteiger partial charge in [0, 0.05) is 6.54 Å². The van der Waals surface area contributed by atoms with Crippen LogP contribution in [0.5, 0.6) is 5.75 Å². The minimum absolute atomic E-state index is 0.0902. The van der Waals surface area contributed by atoms with Gasteiger partial charge in [0.2, 0.25) is 5.82 Å². The number of fused-ring (bicyclic) bond motifs is 1. The zero-order valence-corrected chi connectivity index (χ0v) is 23.8. The molecule has 10 nitrogen and oxygen atoms in total. The van der Waals surface area contributed by atoms with Gasteiger partial charge in [0.1, 0.15) is 17.3 Å². The van der Waals surface area contributed by atoms with Gasteiger partial charge in [-0.25, -0.2) is 9.67 Å². The number of carbonyl (C=O) groups is 1. The van der Waals surface area contributed by atoms with E-state index in [0.29, 0.717) is 35.3 Å². The molecule has 3 aromatic rings. The SMILES string of the molecule is COc1cc2c(cc1C(=O)Nc1cccc(-c3nnnn3[C@H](C)CO[Si](C)(C)C(C)(C)C)n1)CNCC2. The van der Waals surface area contributed by atoms with Gasteiger partial charge in [0.25, 0.3) is 5.91 Å². The summed E-state index contributed by atoms with van der Waals surface area (Å²) < 4.78 is 13.6. The molecule has 0 bridgehead atoms. The number of hydrogen-bond acceptors (Lipinski definition) is 8. The number of anilines is 1. The third-order valence-corrected chi connectivity index (χ3v) is 11.8. The first-order valence-electron chi connectivity index (χ1n) is 12.6. The van der Waals surface area contributed by atoms with Gasteiger partial charge in [-0.2, -0.15) is 0 Å². The summed E-state index contributed by atoms with van der Waals surface area (Å²) in [7, 11) is -0.335. The first-order valence-corrected chi connectivity index (χ1v) is 15.5. The Balaban J connectivity index is 1.52. The summed E-state index contributed by atoms with van der Waals surface area (Å²) in [6.45, 7) is 15.3. The number of aromatic nitrogens is 5. The maximum absolute atomic E-state index is 13.2. The highest BCUT2D eigenvalue weighted by Gasteiger charge is 2.37. The van der Waals surface area contributed by atoms with E-state index in [1.807, 2.05) is 31.2 Å². The topological polar surface area (TPSA) is 116 Å². The molecule has 1 amide bonds. The average molecular weight is 524 g/mol. The third kappa shape index (κ3) is 5.89. The number of nitrogens with zero attached hydrogens (tertiary/aromatic N) is 5. The number of benzene rings is 1. The Morgan fingerprint density at radius 1 is 1.24 bits per heavy atom. The van der Waals surface area contributed by atoms with Gasteiger partial charge < -0.3 is 19.8 Å². The zero-order chi connectivity index (χ0) is 26.8. The largest absolute Gasteiger partial charge is 0.496 e. The number of nitrogens with one attached hydrogen (secondary N) is 2. The van der Waals surface area contributed by atoms with Crippen LogP contribution in [-0.2, 0) is 17.4 Å². The summed E-state index contributed by atoms with van der Waals surface area (Å²) >= 11 is 0. The standard InChI is InChI=1S/C26H37N7O3Si/c1-17(16-36-37(6,7)26(2,3)4)33-24(30-31-32-33)21-9-8-10-23(28-21)29-25(34)20-13-19-15-27-12-11-18(19)14-22(20)35-5/h8-10,13-14,17,27H,11-12,15-16H2,1-7H3,(H,28,29,34)/t17-/m1/s1. The van der Waals surface area contributed by atoms with Crippen molar-refractivity contribution in [1.82, 2.24) is 30.5 Å². The molecule has 1 atom stereocenters. The van der Waals surface area contributed by atoms with Crippen LogP contribution in [0.3, 0.4) is 0 Å². The molecule has 0 unspecified atom stereocenters. The summed E-state index contributed by atoms with van der Waals surface area (Å²) in [6.07, 6.45) is 0.908. The Labute approximate surface area is 219 Å². The normalized spacial score (nSPS) is 14.7. The van der Waals surface area contributed by atoms with Crippen molar-refractivity contribution in [2.45, 2.75) is 64.8 Å². The molecular weight excluding hydrogens is 486 g/mol. The number of carbonyl (C=O) groups excluding carboxylic acids is 1. The van der Waals surface area contributed by atoms with E-state index in [1.54, 1.807) is 17.9 Å². The quantitative estimate of drug-likeness (QED) is 0.422. The van der Waals surface area contributed by atoms with E-state index < -0.39 is 8.32 Å². The molecule has 0 radical (unpaired) electrons. The van der Waals surface area contributed by atoms with Crippen molar-refractivity contribution in [1.29, 1.82) is 0 Å². The van der Waals surface area contributed by atoms with E-state index in [1.165, 1.54) is 5.56 Å². The molecule has 0 spiro atoms. The Morgan fingerprint density at radius 2 is 2.03 bits per heavy atom. The maximum atomic E-state index is 13.2. The van der Waals surface area contributed by atoms with E-state index in [2.05, 4.69) is 65.0 Å². The predicted octanol–water partition coefficient (Wildman–Crippen LogP) is 4.22. The Morgan fingerprint density at radius 3 is 2.76 bits per heavy atom. The molecule has 2 aromatic heterocycles. The third-order valence-electron chi connectivity index (χ3n) is 7.27. The minimum atomic E-state index is -1.91. The molecule has 1 aliphatic heterocycles. The van der Waals surface area contributed by atoms with Crippen molar-refractivity contribution in [3.63, 3.8) is 0 Å². The van der Waals surface area contributed by atoms with E-state index in [4.69, 9.17) is 9.16 Å². The van der Waals surface area contributed by atoms with Crippen LogP contribution in [0.2, 0.25) is 18.1 Å². The molecule has 2 N–H and O–H groups in total. The molecule has 0 saturated carbocycles. The van der Waals surface area contributed by atoms with Gasteiger partial charge in [-0.15, -0.1) is 5.10 Å². The van der Waals surface area contributed by atoms with Gasteiger partial charge >= 0.3 is 0 Å². The molecule has 0 aliphatic carbocycles. The number of amides is 1. The van der Waals surface area contributed by atoms with Crippen LogP contribution in [0.25, 0.3) is 11.5 Å². The smallest absolute Gasteiger partial charge is 0.260 e. The second kappa shape index (κ2) is 10.7. The van der Waals surface area contributed by atoms with Gasteiger partial charge in [-0.05, 0) is 83.8 Å². The molecular formula is C26H37N7O3Si. The lowest BCUT2D eigenvalue weighted by Gasteiger charge is -2.36. The van der Waals surface area contributed by atoms with Crippen molar-refractivity contribution < 1.29 is 14.0 Å². The van der Waals surface area contributed by atoms with Crippen LogP contribution >= 0.6 is 0 Å². The molecule has 11 heteroatoms. The Bertz CT molecular complexity index is 1270. The fourth-order valence-electron chi connectivity index (χ4n) is 3.94. The van der Waals surface area contributed by atoms with Gasteiger partial charge in [-0.3, -0.25) is 4.79 Å². The van der Waals surface area contributed by atoms with Crippen LogP contribution in [0.1, 0.15) is 55.2 Å². The average Bonchev–Trinajstić information content (AvgIpc) is 3.36. The number of pyridine rings is 1. The molecule has 1 aromatic carbocycles. The van der Waals surface area contributed by atoms with Crippen molar-refractivity contribution in [3.05, 3.63) is 47.0 Å². The van der Waals surface area contributed by atoms with Gasteiger partial charge in [-0.1, -0.05) is 26.8 Å². The lowest BCUT2D eigenvalue weighted by atomic mass is 9.97.